The van der Waals surface area contributed by atoms with Crippen LogP contribution in [0.5, 0.6) is 0 Å². The lowest BCUT2D eigenvalue weighted by molar-refractivity contribution is -0.121. The number of amidine groups is 1. The second-order valence-corrected chi connectivity index (χ2v) is 10.4. The number of aliphatic imine (C=N–C) groups is 1. The Bertz CT molecular complexity index is 1260. The number of nitrogens with one attached hydrogen (secondary N) is 2. The molecule has 0 spiro atoms. The fourth-order valence-electron chi connectivity index (χ4n) is 4.30. The topological polar surface area (TPSA) is 73.8 Å². The highest BCUT2D eigenvalue weighted by molar-refractivity contribution is 8.16. The molecule has 1 unspecified atom stereocenters. The molecule has 8 heteroatoms. The highest BCUT2D eigenvalue weighted by Crippen LogP contribution is 2.45. The van der Waals surface area contributed by atoms with Crippen molar-refractivity contribution in [3.05, 3.63) is 86.6 Å². The summed E-state index contributed by atoms with van der Waals surface area (Å²) in [7, 11) is 0. The molecule has 0 radical (unpaired) electrons. The van der Waals surface area contributed by atoms with Crippen molar-refractivity contribution in [1.82, 2.24) is 10.2 Å². The lowest BCUT2D eigenvalue weighted by atomic mass is 9.93. The summed E-state index contributed by atoms with van der Waals surface area (Å²) in [6, 6.07) is 13.0. The number of amides is 2. The molecule has 0 saturated carbocycles. The number of aryl methyl sites for hydroxylation is 2. The van der Waals surface area contributed by atoms with Gasteiger partial charge in [0.2, 0.25) is 5.91 Å². The van der Waals surface area contributed by atoms with Crippen molar-refractivity contribution in [2.75, 3.05) is 5.32 Å². The van der Waals surface area contributed by atoms with Crippen LogP contribution in [-0.2, 0) is 9.59 Å². The highest BCUT2D eigenvalue weighted by Gasteiger charge is 2.40. The second kappa shape index (κ2) is 10.3. The first-order valence-electron chi connectivity index (χ1n) is 11.5. The van der Waals surface area contributed by atoms with E-state index in [0.29, 0.717) is 16.3 Å². The minimum Gasteiger partial charge on any atom is -0.354 e. The van der Waals surface area contributed by atoms with E-state index < -0.39 is 6.04 Å². The van der Waals surface area contributed by atoms with Crippen LogP contribution in [0.1, 0.15) is 49.9 Å². The van der Waals surface area contributed by atoms with E-state index in [1.165, 1.54) is 11.8 Å². The molecular weight excluding hydrogens is 480 g/mol. The number of hydrogen-bond acceptors (Lipinski definition) is 5. The molecule has 6 nitrogen and oxygen atoms in total. The lowest BCUT2D eigenvalue weighted by Gasteiger charge is -2.36. The van der Waals surface area contributed by atoms with Crippen molar-refractivity contribution in [1.29, 1.82) is 0 Å². The third kappa shape index (κ3) is 5.46. The quantitative estimate of drug-likeness (QED) is 0.495. The minimum atomic E-state index is -0.446. The Balaban J connectivity index is 1.73. The average Bonchev–Trinajstić information content (AvgIpc) is 3.16. The zero-order valence-corrected chi connectivity index (χ0v) is 22.1. The second-order valence-electron chi connectivity index (χ2n) is 9.12. The molecule has 0 saturated heterocycles. The number of thioether (sulfide) groups is 1. The van der Waals surface area contributed by atoms with Gasteiger partial charge in [-0.25, -0.2) is 4.99 Å². The summed E-state index contributed by atoms with van der Waals surface area (Å²) in [6.07, 6.45) is 0.194. The summed E-state index contributed by atoms with van der Waals surface area (Å²) < 4.78 is 0. The van der Waals surface area contributed by atoms with E-state index in [0.717, 1.165) is 33.2 Å². The SMILES string of the molecule is CC1=C(C(=O)Nc2ccc(C)cc2C)C(c2ccc(Cl)cc2)N2C(CC(=O)NC(C)C)=CSC2=N1. The fraction of sp³-hybridized carbons (Fsp3) is 0.296. The smallest absolute Gasteiger partial charge is 0.255 e. The number of rotatable bonds is 6. The maximum absolute atomic E-state index is 13.7. The van der Waals surface area contributed by atoms with Crippen molar-refractivity contribution in [2.24, 2.45) is 4.99 Å². The van der Waals surface area contributed by atoms with Crippen molar-refractivity contribution in [2.45, 2.75) is 53.1 Å². The van der Waals surface area contributed by atoms with Crippen LogP contribution in [0.3, 0.4) is 0 Å². The van der Waals surface area contributed by atoms with E-state index >= 15 is 0 Å². The number of halogens is 1. The number of fused-ring (bicyclic) bond motifs is 1. The molecule has 0 aliphatic carbocycles. The third-order valence-corrected chi connectivity index (χ3v) is 6.99. The Labute approximate surface area is 215 Å². The van der Waals surface area contributed by atoms with E-state index in [2.05, 4.69) is 10.6 Å². The van der Waals surface area contributed by atoms with Gasteiger partial charge >= 0.3 is 0 Å². The molecule has 2 heterocycles. The highest BCUT2D eigenvalue weighted by atomic mass is 35.5. The van der Waals surface area contributed by atoms with E-state index in [1.807, 2.05) is 87.4 Å². The van der Waals surface area contributed by atoms with Gasteiger partial charge in [0.15, 0.2) is 5.17 Å². The molecule has 1 atom stereocenters. The van der Waals surface area contributed by atoms with Crippen LogP contribution in [0.15, 0.2) is 69.8 Å². The summed E-state index contributed by atoms with van der Waals surface area (Å²) in [4.78, 5) is 33.1. The van der Waals surface area contributed by atoms with Gasteiger partial charge in [-0.15, -0.1) is 0 Å². The molecule has 2 aromatic rings. The van der Waals surface area contributed by atoms with Gasteiger partial charge in [-0.05, 0) is 69.4 Å². The van der Waals surface area contributed by atoms with Crippen molar-refractivity contribution >= 4 is 46.0 Å². The Hall–Kier alpha value is -3.03. The van der Waals surface area contributed by atoms with E-state index in [-0.39, 0.29) is 24.3 Å². The molecular formula is C27H29ClN4O2S. The average molecular weight is 509 g/mol. The molecule has 0 fully saturated rings. The predicted molar refractivity (Wildman–Crippen MR) is 144 cm³/mol. The molecule has 0 bridgehead atoms. The van der Waals surface area contributed by atoms with Gasteiger partial charge in [0.05, 0.1) is 23.7 Å². The predicted octanol–water partition coefficient (Wildman–Crippen LogP) is 6.09. The first-order valence-corrected chi connectivity index (χ1v) is 12.8. The van der Waals surface area contributed by atoms with Gasteiger partial charge in [-0.2, -0.15) is 0 Å². The van der Waals surface area contributed by atoms with Gasteiger partial charge < -0.3 is 15.5 Å². The standard InChI is InChI=1S/C27H29ClN4O2S/c1-15(2)29-23(33)13-21-14-35-27-30-18(5)24(25(32(21)27)19-7-9-20(28)10-8-19)26(34)31-22-11-6-16(3)12-17(22)4/h6-12,14-15,25H,13H2,1-5H3,(H,29,33)(H,31,34). The monoisotopic (exact) mass is 508 g/mol. The van der Waals surface area contributed by atoms with E-state index in [9.17, 15) is 9.59 Å². The van der Waals surface area contributed by atoms with Gasteiger partial charge in [0.1, 0.15) is 0 Å². The number of nitrogens with zero attached hydrogens (tertiary/aromatic N) is 2. The number of carbonyl (C=O) groups excluding carboxylic acids is 2. The summed E-state index contributed by atoms with van der Waals surface area (Å²) in [5.41, 5.74) is 5.75. The molecule has 35 heavy (non-hydrogen) atoms. The Morgan fingerprint density at radius 1 is 1.11 bits per heavy atom. The summed E-state index contributed by atoms with van der Waals surface area (Å²) in [5.74, 6) is -0.296. The Morgan fingerprint density at radius 2 is 1.83 bits per heavy atom. The van der Waals surface area contributed by atoms with Crippen LogP contribution in [0.25, 0.3) is 0 Å². The van der Waals surface area contributed by atoms with Crippen LogP contribution in [0, 0.1) is 13.8 Å². The maximum atomic E-state index is 13.7. The van der Waals surface area contributed by atoms with Crippen molar-refractivity contribution in [3.8, 4) is 0 Å². The molecule has 2 amide bonds. The third-order valence-electron chi connectivity index (χ3n) is 5.85. The van der Waals surface area contributed by atoms with Crippen LogP contribution < -0.4 is 10.6 Å². The normalized spacial score (nSPS) is 17.2. The number of anilines is 1. The van der Waals surface area contributed by atoms with E-state index in [1.54, 1.807) is 0 Å². The summed E-state index contributed by atoms with van der Waals surface area (Å²) in [6.45, 7) is 9.72. The van der Waals surface area contributed by atoms with Gasteiger partial charge in [-0.1, -0.05) is 53.2 Å². The Kier molecular flexibility index (Phi) is 7.38. The maximum Gasteiger partial charge on any atom is 0.255 e. The summed E-state index contributed by atoms with van der Waals surface area (Å²) in [5, 5.41) is 9.34. The number of carbonyl (C=O) groups is 2. The van der Waals surface area contributed by atoms with Crippen LogP contribution >= 0.6 is 23.4 Å². The van der Waals surface area contributed by atoms with Crippen molar-refractivity contribution < 1.29 is 9.59 Å². The largest absolute Gasteiger partial charge is 0.354 e. The fourth-order valence-corrected chi connectivity index (χ4v) is 5.39. The van der Waals surface area contributed by atoms with Crippen LogP contribution in [0.2, 0.25) is 5.02 Å². The van der Waals surface area contributed by atoms with Crippen LogP contribution in [0.4, 0.5) is 5.69 Å². The zero-order valence-electron chi connectivity index (χ0n) is 20.5. The molecule has 2 aliphatic heterocycles. The Morgan fingerprint density at radius 3 is 2.49 bits per heavy atom. The van der Waals surface area contributed by atoms with Gasteiger partial charge in [0, 0.05) is 22.4 Å². The molecule has 2 aromatic carbocycles. The first kappa shape index (κ1) is 25.1. The molecule has 0 aromatic heterocycles. The minimum absolute atomic E-state index is 0.0416. The molecule has 2 aliphatic rings. The van der Waals surface area contributed by atoms with Gasteiger partial charge in [-0.3, -0.25) is 9.59 Å². The number of hydrogen-bond donors (Lipinski definition) is 2. The number of allylic oxidation sites excluding steroid dienone is 1. The zero-order chi connectivity index (χ0) is 25.3. The first-order chi connectivity index (χ1) is 16.6. The van der Waals surface area contributed by atoms with E-state index in [4.69, 9.17) is 16.6 Å². The lowest BCUT2D eigenvalue weighted by Crippen LogP contribution is -2.39. The van der Waals surface area contributed by atoms with Crippen LogP contribution in [-0.4, -0.2) is 27.9 Å². The molecule has 4 rings (SSSR count). The molecule has 2 N–H and O–H groups in total. The van der Waals surface area contributed by atoms with Crippen molar-refractivity contribution in [3.63, 3.8) is 0 Å². The molecule has 182 valence electrons. The van der Waals surface area contributed by atoms with Gasteiger partial charge in [0.25, 0.3) is 5.91 Å². The summed E-state index contributed by atoms with van der Waals surface area (Å²) >= 11 is 7.64. The number of benzene rings is 2.